The normalized spacial score (nSPS) is 11.1. The molecule has 5 nitrogen and oxygen atoms in total. The number of H-pyrrole nitrogens is 1. The maximum absolute atomic E-state index is 10.9. The number of para-hydroxylation sites is 1. The average Bonchev–Trinajstić information content (AvgIpc) is 2.67. The highest BCUT2D eigenvalue weighted by Crippen LogP contribution is 2.30. The van der Waals surface area contributed by atoms with Gasteiger partial charge in [-0.1, -0.05) is 18.2 Å². The van der Waals surface area contributed by atoms with Crippen molar-refractivity contribution in [3.63, 3.8) is 0 Å². The first-order valence-corrected chi connectivity index (χ1v) is 5.04. The molecule has 3 rings (SSSR count). The first kappa shape index (κ1) is 9.65. The van der Waals surface area contributed by atoms with Crippen LogP contribution >= 0.6 is 0 Å². The number of aromatic amines is 1. The van der Waals surface area contributed by atoms with Crippen molar-refractivity contribution in [2.75, 3.05) is 5.73 Å². The second kappa shape index (κ2) is 3.21. The van der Waals surface area contributed by atoms with Gasteiger partial charge in [0.05, 0.1) is 17.0 Å². The minimum atomic E-state index is -1.32. The van der Waals surface area contributed by atoms with E-state index in [2.05, 4.69) is 9.97 Å². The molecule has 0 saturated carbocycles. The molecule has 84 valence electrons. The van der Waals surface area contributed by atoms with Crippen LogP contribution in [0.2, 0.25) is 0 Å². The van der Waals surface area contributed by atoms with Crippen molar-refractivity contribution < 1.29 is 9.90 Å². The molecule has 0 atom stereocenters. The van der Waals surface area contributed by atoms with E-state index in [-0.39, 0.29) is 11.3 Å². The lowest BCUT2D eigenvalue weighted by atomic mass is 10.1. The lowest BCUT2D eigenvalue weighted by Gasteiger charge is -2.06. The SMILES string of the molecule is Nc1c(C(=O)[O-])cnc2[nH]c3ccccc3c12. The van der Waals surface area contributed by atoms with E-state index in [1.165, 1.54) is 6.20 Å². The van der Waals surface area contributed by atoms with Gasteiger partial charge in [0.2, 0.25) is 0 Å². The summed E-state index contributed by atoms with van der Waals surface area (Å²) in [5.74, 6) is -1.32. The van der Waals surface area contributed by atoms with Gasteiger partial charge in [-0.2, -0.15) is 0 Å². The Labute approximate surface area is 95.9 Å². The quantitative estimate of drug-likeness (QED) is 0.637. The molecule has 0 radical (unpaired) electrons. The van der Waals surface area contributed by atoms with E-state index in [1.807, 2.05) is 24.3 Å². The van der Waals surface area contributed by atoms with Gasteiger partial charge in [0.15, 0.2) is 0 Å². The number of aromatic nitrogens is 2. The summed E-state index contributed by atoms with van der Waals surface area (Å²) in [6, 6.07) is 7.49. The number of nitrogens with one attached hydrogen (secondary N) is 1. The molecule has 0 amide bonds. The first-order valence-electron chi connectivity index (χ1n) is 5.04. The van der Waals surface area contributed by atoms with Gasteiger partial charge in [0.1, 0.15) is 5.65 Å². The maximum atomic E-state index is 10.9. The van der Waals surface area contributed by atoms with Gasteiger partial charge in [0.25, 0.3) is 0 Å². The Morgan fingerprint density at radius 3 is 2.88 bits per heavy atom. The molecule has 0 bridgehead atoms. The van der Waals surface area contributed by atoms with Crippen molar-refractivity contribution in [2.45, 2.75) is 0 Å². The van der Waals surface area contributed by atoms with Crippen molar-refractivity contribution in [1.82, 2.24) is 9.97 Å². The van der Waals surface area contributed by atoms with E-state index >= 15 is 0 Å². The Morgan fingerprint density at radius 2 is 2.12 bits per heavy atom. The lowest BCUT2D eigenvalue weighted by Crippen LogP contribution is -2.23. The Bertz CT molecular complexity index is 746. The molecular formula is C12H8N3O2-. The van der Waals surface area contributed by atoms with E-state index in [0.29, 0.717) is 11.0 Å². The number of hydrogen-bond acceptors (Lipinski definition) is 4. The van der Waals surface area contributed by atoms with E-state index in [0.717, 1.165) is 10.9 Å². The molecule has 0 aliphatic carbocycles. The maximum Gasteiger partial charge on any atom is 0.140 e. The molecular weight excluding hydrogens is 218 g/mol. The number of anilines is 1. The standard InChI is InChI=1S/C12H9N3O2/c13-10-7(12(16)17)5-14-11-9(10)6-3-1-2-4-8(6)15-11/h1-5H,(H,16,17)(H3,13,14,15)/p-1. The lowest BCUT2D eigenvalue weighted by molar-refractivity contribution is -0.254. The summed E-state index contributed by atoms with van der Waals surface area (Å²) >= 11 is 0. The van der Waals surface area contributed by atoms with Crippen LogP contribution in [0.3, 0.4) is 0 Å². The number of nitrogen functional groups attached to an aromatic ring is 1. The van der Waals surface area contributed by atoms with Crippen LogP contribution in [0.4, 0.5) is 5.69 Å². The Hall–Kier alpha value is -2.56. The van der Waals surface area contributed by atoms with Crippen molar-refractivity contribution in [3.05, 3.63) is 36.0 Å². The van der Waals surface area contributed by atoms with Crippen LogP contribution in [0.1, 0.15) is 10.4 Å². The first-order chi connectivity index (χ1) is 8.18. The van der Waals surface area contributed by atoms with Crippen LogP contribution in [0, 0.1) is 0 Å². The van der Waals surface area contributed by atoms with E-state index in [9.17, 15) is 9.90 Å². The monoisotopic (exact) mass is 226 g/mol. The highest BCUT2D eigenvalue weighted by Gasteiger charge is 2.11. The Balaban J connectivity index is 2.52. The molecule has 0 spiro atoms. The third kappa shape index (κ3) is 1.25. The van der Waals surface area contributed by atoms with Crippen molar-refractivity contribution in [3.8, 4) is 0 Å². The number of carboxylic acids is 1. The molecule has 0 fully saturated rings. The summed E-state index contributed by atoms with van der Waals surface area (Å²) < 4.78 is 0. The Morgan fingerprint density at radius 1 is 1.35 bits per heavy atom. The molecule has 2 aromatic heterocycles. The second-order valence-corrected chi connectivity index (χ2v) is 3.77. The molecule has 0 saturated heterocycles. The predicted molar refractivity (Wildman–Crippen MR) is 62.3 cm³/mol. The highest BCUT2D eigenvalue weighted by atomic mass is 16.4. The summed E-state index contributed by atoms with van der Waals surface area (Å²) in [6.07, 6.45) is 1.21. The van der Waals surface area contributed by atoms with Gasteiger partial charge in [-0.3, -0.25) is 0 Å². The van der Waals surface area contributed by atoms with Crippen LogP contribution < -0.4 is 10.8 Å². The molecule has 3 N–H and O–H groups in total. The van der Waals surface area contributed by atoms with Crippen LogP contribution in [-0.4, -0.2) is 15.9 Å². The smallest absolute Gasteiger partial charge is 0.140 e. The van der Waals surface area contributed by atoms with E-state index in [4.69, 9.17) is 5.73 Å². The fourth-order valence-corrected chi connectivity index (χ4v) is 1.99. The predicted octanol–water partition coefficient (Wildman–Crippen LogP) is 0.662. The minimum Gasteiger partial charge on any atom is -0.545 e. The molecule has 2 heterocycles. The number of fused-ring (bicyclic) bond motifs is 3. The molecule has 0 unspecified atom stereocenters. The molecule has 0 aliphatic rings. The van der Waals surface area contributed by atoms with Crippen LogP contribution in [-0.2, 0) is 0 Å². The number of nitrogens with zero attached hydrogens (tertiary/aromatic N) is 1. The van der Waals surface area contributed by atoms with E-state index in [1.54, 1.807) is 0 Å². The van der Waals surface area contributed by atoms with Gasteiger partial charge in [-0.05, 0) is 6.07 Å². The third-order valence-corrected chi connectivity index (χ3v) is 2.79. The van der Waals surface area contributed by atoms with Gasteiger partial charge in [0, 0.05) is 22.7 Å². The topological polar surface area (TPSA) is 94.8 Å². The second-order valence-electron chi connectivity index (χ2n) is 3.77. The largest absolute Gasteiger partial charge is 0.545 e. The molecule has 5 heteroatoms. The number of pyridine rings is 1. The fraction of sp³-hybridized carbons (Fsp3) is 0. The number of aromatic carboxylic acids is 1. The van der Waals surface area contributed by atoms with E-state index < -0.39 is 5.97 Å². The number of carbonyl (C=O) groups is 1. The number of carboxylic acid groups (broad SMARTS) is 1. The summed E-state index contributed by atoms with van der Waals surface area (Å²) in [4.78, 5) is 18.0. The molecule has 3 aromatic rings. The fourth-order valence-electron chi connectivity index (χ4n) is 1.99. The van der Waals surface area contributed by atoms with Crippen molar-refractivity contribution in [2.24, 2.45) is 0 Å². The van der Waals surface area contributed by atoms with Crippen molar-refractivity contribution >= 4 is 33.6 Å². The van der Waals surface area contributed by atoms with Gasteiger partial charge in [-0.25, -0.2) is 4.98 Å². The number of nitrogens with two attached hydrogens (primary N) is 1. The number of carbonyl (C=O) groups excluding carboxylic acids is 1. The zero-order chi connectivity index (χ0) is 12.0. The summed E-state index contributed by atoms with van der Waals surface area (Å²) in [6.45, 7) is 0. The van der Waals surface area contributed by atoms with Crippen LogP contribution in [0.5, 0.6) is 0 Å². The van der Waals surface area contributed by atoms with Crippen LogP contribution in [0.25, 0.3) is 21.9 Å². The average molecular weight is 226 g/mol. The minimum absolute atomic E-state index is 0.0812. The van der Waals surface area contributed by atoms with Gasteiger partial charge >= 0.3 is 0 Å². The van der Waals surface area contributed by atoms with Gasteiger partial charge < -0.3 is 20.6 Å². The van der Waals surface area contributed by atoms with Crippen LogP contribution in [0.15, 0.2) is 30.5 Å². The molecule has 1 aromatic carbocycles. The summed E-state index contributed by atoms with van der Waals surface area (Å²) in [7, 11) is 0. The van der Waals surface area contributed by atoms with Crippen molar-refractivity contribution in [1.29, 1.82) is 0 Å². The molecule has 17 heavy (non-hydrogen) atoms. The summed E-state index contributed by atoms with van der Waals surface area (Å²) in [5, 5.41) is 12.4. The van der Waals surface area contributed by atoms with Gasteiger partial charge in [-0.15, -0.1) is 0 Å². The zero-order valence-corrected chi connectivity index (χ0v) is 8.73. The molecule has 0 aliphatic heterocycles. The number of rotatable bonds is 1. The number of hydrogen-bond donors (Lipinski definition) is 2. The Kier molecular flexibility index (Phi) is 1.82. The highest BCUT2D eigenvalue weighted by molar-refractivity contribution is 6.15. The number of benzene rings is 1. The summed E-state index contributed by atoms with van der Waals surface area (Å²) in [5.41, 5.74) is 7.41. The third-order valence-electron chi connectivity index (χ3n) is 2.79. The zero-order valence-electron chi connectivity index (χ0n) is 8.73.